The number of furan rings is 1. The molecule has 10 heteroatoms. The van der Waals surface area contributed by atoms with Crippen molar-refractivity contribution in [1.29, 1.82) is 0 Å². The fourth-order valence-electron chi connectivity index (χ4n) is 2.52. The smallest absolute Gasteiger partial charge is 0.335 e. The number of halogens is 1. The van der Waals surface area contributed by atoms with Crippen LogP contribution in [0.3, 0.4) is 0 Å². The van der Waals surface area contributed by atoms with Crippen molar-refractivity contribution in [3.63, 3.8) is 0 Å². The van der Waals surface area contributed by atoms with Crippen molar-refractivity contribution in [2.75, 3.05) is 13.2 Å². The highest BCUT2D eigenvalue weighted by Crippen LogP contribution is 2.34. The van der Waals surface area contributed by atoms with Gasteiger partial charge >= 0.3 is 11.9 Å². The van der Waals surface area contributed by atoms with E-state index in [2.05, 4.69) is 0 Å². The number of rotatable bonds is 6. The van der Waals surface area contributed by atoms with Gasteiger partial charge in [-0.2, -0.15) is 0 Å². The summed E-state index contributed by atoms with van der Waals surface area (Å²) in [6, 6.07) is 7.41. The summed E-state index contributed by atoms with van der Waals surface area (Å²) in [5.41, 5.74) is 0.521. The Morgan fingerprint density at radius 1 is 1.28 bits per heavy atom. The second kappa shape index (κ2) is 8.54. The summed E-state index contributed by atoms with van der Waals surface area (Å²) in [5, 5.41) is 8.62. The second-order valence-electron chi connectivity index (χ2n) is 5.77. The van der Waals surface area contributed by atoms with E-state index in [-0.39, 0.29) is 22.1 Å². The SMILES string of the molecule is CCOC(=O)CN1C(=O)S/C(=C\c2ccc(-c3ccc(C(=O)O)cc3Cl)o2)C1=O. The molecule has 1 aliphatic rings. The van der Waals surface area contributed by atoms with Gasteiger partial charge in [-0.3, -0.25) is 19.3 Å². The molecule has 1 aromatic heterocycles. The van der Waals surface area contributed by atoms with E-state index in [1.54, 1.807) is 19.1 Å². The third kappa shape index (κ3) is 4.52. The van der Waals surface area contributed by atoms with E-state index >= 15 is 0 Å². The lowest BCUT2D eigenvalue weighted by Gasteiger charge is -2.10. The topological polar surface area (TPSA) is 114 Å². The molecule has 0 aliphatic carbocycles. The lowest BCUT2D eigenvalue weighted by Crippen LogP contribution is -2.34. The van der Waals surface area contributed by atoms with Gasteiger partial charge in [0, 0.05) is 11.6 Å². The number of hydrogen-bond donors (Lipinski definition) is 1. The number of carbonyl (C=O) groups excluding carboxylic acids is 3. The minimum atomic E-state index is -1.10. The third-order valence-electron chi connectivity index (χ3n) is 3.85. The number of benzene rings is 1. The van der Waals surface area contributed by atoms with Crippen LogP contribution in [0.4, 0.5) is 4.79 Å². The van der Waals surface area contributed by atoms with Gasteiger partial charge in [-0.25, -0.2) is 4.79 Å². The highest BCUT2D eigenvalue weighted by Gasteiger charge is 2.36. The van der Waals surface area contributed by atoms with Crippen molar-refractivity contribution >= 4 is 52.5 Å². The van der Waals surface area contributed by atoms with Crippen molar-refractivity contribution in [3.8, 4) is 11.3 Å². The Morgan fingerprint density at radius 3 is 2.69 bits per heavy atom. The first-order chi connectivity index (χ1) is 13.8. The van der Waals surface area contributed by atoms with E-state index in [0.29, 0.717) is 28.8 Å². The number of carboxylic acid groups (broad SMARTS) is 1. The summed E-state index contributed by atoms with van der Waals surface area (Å²) in [4.78, 5) is 47.8. The number of ether oxygens (including phenoxy) is 1. The third-order valence-corrected chi connectivity index (χ3v) is 5.07. The van der Waals surface area contributed by atoms with Crippen LogP contribution in [0.25, 0.3) is 17.4 Å². The maximum absolute atomic E-state index is 12.4. The normalized spacial score (nSPS) is 15.2. The molecule has 0 bridgehead atoms. The molecule has 1 aliphatic heterocycles. The molecule has 3 rings (SSSR count). The molecule has 29 heavy (non-hydrogen) atoms. The van der Waals surface area contributed by atoms with Gasteiger partial charge in [0.15, 0.2) is 0 Å². The molecular formula is C19H14ClNO7S. The van der Waals surface area contributed by atoms with Crippen LogP contribution in [0, 0.1) is 0 Å². The molecule has 150 valence electrons. The van der Waals surface area contributed by atoms with Crippen LogP contribution in [0.5, 0.6) is 0 Å². The molecule has 2 aromatic rings. The van der Waals surface area contributed by atoms with E-state index in [1.165, 1.54) is 24.3 Å². The van der Waals surface area contributed by atoms with E-state index < -0.39 is 29.6 Å². The maximum atomic E-state index is 12.4. The van der Waals surface area contributed by atoms with Crippen LogP contribution >= 0.6 is 23.4 Å². The van der Waals surface area contributed by atoms with Gasteiger partial charge in [-0.05, 0) is 49.0 Å². The highest BCUT2D eigenvalue weighted by atomic mass is 35.5. The monoisotopic (exact) mass is 435 g/mol. The minimum Gasteiger partial charge on any atom is -0.478 e. The second-order valence-corrected chi connectivity index (χ2v) is 7.18. The van der Waals surface area contributed by atoms with E-state index in [1.807, 2.05) is 0 Å². The number of amides is 2. The molecule has 0 radical (unpaired) electrons. The van der Waals surface area contributed by atoms with Crippen LogP contribution in [-0.4, -0.2) is 46.2 Å². The first-order valence-electron chi connectivity index (χ1n) is 8.34. The number of aromatic carboxylic acids is 1. The minimum absolute atomic E-state index is 0.0424. The van der Waals surface area contributed by atoms with Crippen LogP contribution in [0.15, 0.2) is 39.7 Å². The summed E-state index contributed by atoms with van der Waals surface area (Å²) in [6.07, 6.45) is 1.39. The van der Waals surface area contributed by atoms with Gasteiger partial charge in [-0.1, -0.05) is 11.6 Å². The van der Waals surface area contributed by atoms with Gasteiger partial charge in [0.25, 0.3) is 11.1 Å². The summed E-state index contributed by atoms with van der Waals surface area (Å²) in [6.45, 7) is 1.32. The molecule has 1 aromatic carbocycles. The average molecular weight is 436 g/mol. The molecular weight excluding hydrogens is 422 g/mol. The maximum Gasteiger partial charge on any atom is 0.335 e. The Labute approximate surface area is 174 Å². The Morgan fingerprint density at radius 2 is 2.03 bits per heavy atom. The number of carbonyl (C=O) groups is 4. The largest absolute Gasteiger partial charge is 0.478 e. The van der Waals surface area contributed by atoms with Gasteiger partial charge in [0.05, 0.1) is 22.1 Å². The summed E-state index contributed by atoms with van der Waals surface area (Å²) < 4.78 is 10.4. The zero-order chi connectivity index (χ0) is 21.1. The molecule has 8 nitrogen and oxygen atoms in total. The number of thioether (sulfide) groups is 1. The molecule has 0 unspecified atom stereocenters. The quantitative estimate of drug-likeness (QED) is 0.536. The summed E-state index contributed by atoms with van der Waals surface area (Å²) in [5.74, 6) is -1.73. The van der Waals surface area contributed by atoms with Gasteiger partial charge in [-0.15, -0.1) is 0 Å². The number of esters is 1. The van der Waals surface area contributed by atoms with Crippen LogP contribution in [0.1, 0.15) is 23.0 Å². The standard InChI is InChI=1S/C19H14ClNO7S/c1-2-27-16(22)9-21-17(23)15(29-19(21)26)8-11-4-6-14(28-11)12-5-3-10(18(24)25)7-13(12)20/h3-8H,2,9H2,1H3,(H,24,25)/b15-8-. The highest BCUT2D eigenvalue weighted by molar-refractivity contribution is 8.18. The number of imide groups is 1. The Bertz CT molecular complexity index is 1040. The first-order valence-corrected chi connectivity index (χ1v) is 9.53. The van der Waals surface area contributed by atoms with E-state index in [9.17, 15) is 19.2 Å². The molecule has 2 heterocycles. The fourth-order valence-corrected chi connectivity index (χ4v) is 3.62. The molecule has 1 N–H and O–H groups in total. The van der Waals surface area contributed by atoms with Crippen molar-refractivity contribution in [1.82, 2.24) is 4.90 Å². The van der Waals surface area contributed by atoms with E-state index in [0.717, 1.165) is 4.90 Å². The molecule has 0 spiro atoms. The number of carboxylic acids is 1. The Kier molecular flexibility index (Phi) is 6.09. The molecule has 0 saturated carbocycles. The van der Waals surface area contributed by atoms with Gasteiger partial charge < -0.3 is 14.3 Å². The van der Waals surface area contributed by atoms with Crippen LogP contribution in [-0.2, 0) is 14.3 Å². The molecule has 1 fully saturated rings. The zero-order valence-corrected chi connectivity index (χ0v) is 16.6. The van der Waals surface area contributed by atoms with Crippen LogP contribution in [0.2, 0.25) is 5.02 Å². The van der Waals surface area contributed by atoms with Gasteiger partial charge in [0.1, 0.15) is 18.1 Å². The number of nitrogens with zero attached hydrogens (tertiary/aromatic N) is 1. The zero-order valence-electron chi connectivity index (χ0n) is 15.0. The average Bonchev–Trinajstić information content (AvgIpc) is 3.22. The Hall–Kier alpha value is -3.04. The van der Waals surface area contributed by atoms with Crippen LogP contribution < -0.4 is 0 Å². The lowest BCUT2D eigenvalue weighted by atomic mass is 10.1. The predicted molar refractivity (Wildman–Crippen MR) is 105 cm³/mol. The summed E-state index contributed by atoms with van der Waals surface area (Å²) in [7, 11) is 0. The molecule has 2 amide bonds. The number of hydrogen-bond acceptors (Lipinski definition) is 7. The van der Waals surface area contributed by atoms with Crippen molar-refractivity contribution in [2.24, 2.45) is 0 Å². The van der Waals surface area contributed by atoms with Crippen molar-refractivity contribution in [3.05, 3.63) is 51.6 Å². The molecule has 0 atom stereocenters. The van der Waals surface area contributed by atoms with Gasteiger partial charge in [0.2, 0.25) is 0 Å². The predicted octanol–water partition coefficient (Wildman–Crippen LogP) is 3.90. The fraction of sp³-hybridized carbons (Fsp3) is 0.158. The van der Waals surface area contributed by atoms with E-state index in [4.69, 9.17) is 25.9 Å². The lowest BCUT2D eigenvalue weighted by molar-refractivity contribution is -0.145. The molecule has 1 saturated heterocycles. The Balaban J connectivity index is 1.80. The van der Waals surface area contributed by atoms with Crippen molar-refractivity contribution in [2.45, 2.75) is 6.92 Å². The first kappa shape index (κ1) is 20.7. The summed E-state index contributed by atoms with van der Waals surface area (Å²) >= 11 is 6.82. The van der Waals surface area contributed by atoms with Crippen molar-refractivity contribution < 1.29 is 33.4 Å².